The van der Waals surface area contributed by atoms with Crippen molar-refractivity contribution >= 4 is 11.3 Å². The lowest BCUT2D eigenvalue weighted by atomic mass is 10.3. The summed E-state index contributed by atoms with van der Waals surface area (Å²) in [6.07, 6.45) is 0. The van der Waals surface area contributed by atoms with Crippen molar-refractivity contribution in [3.63, 3.8) is 0 Å². The molecule has 2 rings (SSSR count). The van der Waals surface area contributed by atoms with E-state index in [0.29, 0.717) is 0 Å². The maximum atomic E-state index is 8.87. The monoisotopic (exact) mass is 300 g/mol. The highest BCUT2D eigenvalue weighted by Gasteiger charge is 2.16. The molecule has 3 nitrogen and oxygen atoms in total. The van der Waals surface area contributed by atoms with Crippen LogP contribution in [0.4, 0.5) is 0 Å². The molecular formula is C16H32N2OS. The van der Waals surface area contributed by atoms with E-state index < -0.39 is 0 Å². The Kier molecular flexibility index (Phi) is 12.1. The summed E-state index contributed by atoms with van der Waals surface area (Å²) >= 11 is 1.90. The van der Waals surface area contributed by atoms with Crippen LogP contribution in [0.3, 0.4) is 0 Å². The van der Waals surface area contributed by atoms with E-state index in [1.807, 2.05) is 39.0 Å². The maximum Gasteiger partial charge on any atom is 0.0558 e. The molecule has 1 aliphatic heterocycles. The first kappa shape index (κ1) is 19.6. The molecule has 0 aromatic carbocycles. The van der Waals surface area contributed by atoms with Crippen molar-refractivity contribution in [3.8, 4) is 0 Å². The van der Waals surface area contributed by atoms with Crippen LogP contribution in [-0.4, -0.2) is 54.2 Å². The first-order valence-electron chi connectivity index (χ1n) is 7.89. The minimum atomic E-state index is 0.282. The van der Waals surface area contributed by atoms with Crippen LogP contribution in [0.15, 0.2) is 12.1 Å². The molecule has 1 aromatic rings. The van der Waals surface area contributed by atoms with Gasteiger partial charge in [-0.3, -0.25) is 9.80 Å². The number of nitrogens with zero attached hydrogens (tertiary/aromatic N) is 2. The van der Waals surface area contributed by atoms with Crippen molar-refractivity contribution in [3.05, 3.63) is 21.9 Å². The lowest BCUT2D eigenvalue weighted by molar-refractivity contribution is 0.109. The molecule has 1 aliphatic rings. The molecule has 2 heterocycles. The van der Waals surface area contributed by atoms with Gasteiger partial charge < -0.3 is 5.11 Å². The third-order valence-corrected chi connectivity index (χ3v) is 4.04. The third kappa shape index (κ3) is 7.39. The van der Waals surface area contributed by atoms with Gasteiger partial charge in [0.1, 0.15) is 0 Å². The third-order valence-electron chi connectivity index (χ3n) is 3.06. The van der Waals surface area contributed by atoms with E-state index in [1.54, 1.807) is 0 Å². The fraction of sp³-hybridized carbons (Fsp3) is 0.750. The molecule has 0 amide bonds. The number of rotatable bonds is 4. The van der Waals surface area contributed by atoms with Gasteiger partial charge in [0.25, 0.3) is 0 Å². The number of piperazine rings is 1. The van der Waals surface area contributed by atoms with E-state index >= 15 is 0 Å². The zero-order chi connectivity index (χ0) is 15.4. The Labute approximate surface area is 129 Å². The summed E-state index contributed by atoms with van der Waals surface area (Å²) in [5, 5.41) is 8.87. The first-order chi connectivity index (χ1) is 9.78. The second-order valence-corrected chi connectivity index (χ2v) is 5.73. The van der Waals surface area contributed by atoms with Gasteiger partial charge in [-0.25, -0.2) is 0 Å². The molecule has 0 radical (unpaired) electrons. The highest BCUT2D eigenvalue weighted by atomic mass is 32.1. The largest absolute Gasteiger partial charge is 0.395 e. The van der Waals surface area contributed by atoms with Crippen molar-refractivity contribution in [2.24, 2.45) is 0 Å². The van der Waals surface area contributed by atoms with Gasteiger partial charge in [-0.15, -0.1) is 11.3 Å². The molecule has 1 saturated heterocycles. The number of hydrogen-bond donors (Lipinski definition) is 1. The molecule has 0 unspecified atom stereocenters. The molecule has 118 valence electrons. The summed E-state index contributed by atoms with van der Waals surface area (Å²) in [6.45, 7) is 16.8. The van der Waals surface area contributed by atoms with Gasteiger partial charge in [0, 0.05) is 49.0 Å². The van der Waals surface area contributed by atoms with Gasteiger partial charge in [0.05, 0.1) is 6.61 Å². The van der Waals surface area contributed by atoms with E-state index in [0.717, 1.165) is 39.3 Å². The summed E-state index contributed by atoms with van der Waals surface area (Å²) in [5.41, 5.74) is 0. The number of aliphatic hydroxyl groups is 1. The van der Waals surface area contributed by atoms with Crippen LogP contribution in [0, 0.1) is 6.92 Å². The Balaban J connectivity index is 0.000000829. The topological polar surface area (TPSA) is 26.7 Å². The summed E-state index contributed by atoms with van der Waals surface area (Å²) in [4.78, 5) is 7.69. The number of thiophene rings is 1. The smallest absolute Gasteiger partial charge is 0.0558 e. The van der Waals surface area contributed by atoms with E-state index in [4.69, 9.17) is 5.11 Å². The molecule has 0 aliphatic carbocycles. The van der Waals surface area contributed by atoms with E-state index in [-0.39, 0.29) is 6.61 Å². The van der Waals surface area contributed by atoms with Gasteiger partial charge in [-0.05, 0) is 19.1 Å². The molecule has 0 spiro atoms. The Morgan fingerprint density at radius 3 is 2.00 bits per heavy atom. The lowest BCUT2D eigenvalue weighted by Gasteiger charge is -2.34. The SMILES string of the molecule is CC.CC.Cc1ccc(CN2CCN(CCO)CC2)s1. The molecular weight excluding hydrogens is 268 g/mol. The molecule has 0 atom stereocenters. The predicted molar refractivity (Wildman–Crippen MR) is 90.6 cm³/mol. The van der Waals surface area contributed by atoms with Gasteiger partial charge in [0.15, 0.2) is 0 Å². The van der Waals surface area contributed by atoms with Crippen molar-refractivity contribution in [1.82, 2.24) is 9.80 Å². The highest BCUT2D eigenvalue weighted by molar-refractivity contribution is 7.11. The normalized spacial score (nSPS) is 15.9. The summed E-state index contributed by atoms with van der Waals surface area (Å²) in [6, 6.07) is 4.43. The van der Waals surface area contributed by atoms with Crippen molar-refractivity contribution in [2.75, 3.05) is 39.3 Å². The Morgan fingerprint density at radius 1 is 1.00 bits per heavy atom. The van der Waals surface area contributed by atoms with Crippen molar-refractivity contribution in [2.45, 2.75) is 41.2 Å². The average molecular weight is 301 g/mol. The van der Waals surface area contributed by atoms with Crippen LogP contribution in [0.5, 0.6) is 0 Å². The molecule has 1 N–H and O–H groups in total. The van der Waals surface area contributed by atoms with Crippen LogP contribution in [0.2, 0.25) is 0 Å². The fourth-order valence-corrected chi connectivity index (χ4v) is 3.04. The van der Waals surface area contributed by atoms with Crippen molar-refractivity contribution in [1.29, 1.82) is 0 Å². The number of β-amino-alcohol motifs (C(OH)–C–C–N with tert-alkyl or cyclic N) is 1. The quantitative estimate of drug-likeness (QED) is 0.925. The zero-order valence-corrected chi connectivity index (χ0v) is 14.7. The Hall–Kier alpha value is -0.420. The average Bonchev–Trinajstić information content (AvgIpc) is 2.91. The number of hydrogen-bond acceptors (Lipinski definition) is 4. The minimum Gasteiger partial charge on any atom is -0.395 e. The van der Waals surface area contributed by atoms with E-state index in [2.05, 4.69) is 28.9 Å². The van der Waals surface area contributed by atoms with Gasteiger partial charge in [-0.2, -0.15) is 0 Å². The predicted octanol–water partition coefficient (Wildman–Crippen LogP) is 3.22. The second kappa shape index (κ2) is 12.3. The Morgan fingerprint density at radius 2 is 1.55 bits per heavy atom. The van der Waals surface area contributed by atoms with Crippen LogP contribution in [0.25, 0.3) is 0 Å². The second-order valence-electron chi connectivity index (χ2n) is 4.35. The standard InChI is InChI=1S/C12H20N2OS.2C2H6/c1-11-2-3-12(16-11)10-14-6-4-13(5-7-14)8-9-15;2*1-2/h2-3,15H,4-10H2,1H3;2*1-2H3. The molecule has 0 bridgehead atoms. The van der Waals surface area contributed by atoms with Gasteiger partial charge in [0.2, 0.25) is 0 Å². The minimum absolute atomic E-state index is 0.282. The maximum absolute atomic E-state index is 8.87. The lowest BCUT2D eigenvalue weighted by Crippen LogP contribution is -2.46. The van der Waals surface area contributed by atoms with Crippen LogP contribution >= 0.6 is 11.3 Å². The highest BCUT2D eigenvalue weighted by Crippen LogP contribution is 2.17. The Bertz CT molecular complexity index is 320. The molecule has 0 saturated carbocycles. The molecule has 1 aromatic heterocycles. The van der Waals surface area contributed by atoms with Crippen LogP contribution in [-0.2, 0) is 6.54 Å². The molecule has 1 fully saturated rings. The summed E-state index contributed by atoms with van der Waals surface area (Å²) in [5.74, 6) is 0. The molecule has 4 heteroatoms. The number of aliphatic hydroxyl groups excluding tert-OH is 1. The first-order valence-corrected chi connectivity index (χ1v) is 8.70. The zero-order valence-electron chi connectivity index (χ0n) is 13.9. The fourth-order valence-electron chi connectivity index (χ4n) is 2.10. The van der Waals surface area contributed by atoms with Crippen LogP contribution < -0.4 is 0 Å². The van der Waals surface area contributed by atoms with Gasteiger partial charge in [-0.1, -0.05) is 27.7 Å². The number of aryl methyl sites for hydroxylation is 1. The van der Waals surface area contributed by atoms with Gasteiger partial charge >= 0.3 is 0 Å². The summed E-state index contributed by atoms with van der Waals surface area (Å²) in [7, 11) is 0. The van der Waals surface area contributed by atoms with E-state index in [1.165, 1.54) is 9.75 Å². The summed E-state index contributed by atoms with van der Waals surface area (Å²) < 4.78 is 0. The van der Waals surface area contributed by atoms with E-state index in [9.17, 15) is 0 Å². The van der Waals surface area contributed by atoms with Crippen molar-refractivity contribution < 1.29 is 5.11 Å². The molecule has 20 heavy (non-hydrogen) atoms. The van der Waals surface area contributed by atoms with Crippen LogP contribution in [0.1, 0.15) is 37.4 Å².